The van der Waals surface area contributed by atoms with Gasteiger partial charge in [0.05, 0.1) is 0 Å². The van der Waals surface area contributed by atoms with Crippen molar-refractivity contribution in [2.45, 2.75) is 32.6 Å². The Morgan fingerprint density at radius 2 is 1.92 bits per heavy atom. The number of rotatable bonds is 6. The van der Waals surface area contributed by atoms with Crippen molar-refractivity contribution in [2.75, 3.05) is 10.6 Å². The average Bonchev–Trinajstić information content (AvgIpc) is 3.41. The van der Waals surface area contributed by atoms with Crippen molar-refractivity contribution in [3.63, 3.8) is 0 Å². The molecule has 2 N–H and O–H groups in total. The first-order chi connectivity index (χ1) is 12.0. The lowest BCUT2D eigenvalue weighted by Crippen LogP contribution is -2.15. The number of carbonyl (C=O) groups is 2. The molecule has 0 atom stereocenters. The monoisotopic (exact) mass is 340 g/mol. The van der Waals surface area contributed by atoms with Crippen molar-refractivity contribution >= 4 is 23.2 Å². The maximum Gasteiger partial charge on any atom is 0.227 e. The van der Waals surface area contributed by atoms with Crippen LogP contribution in [-0.4, -0.2) is 11.8 Å². The quantitative estimate of drug-likeness (QED) is 0.833. The van der Waals surface area contributed by atoms with Gasteiger partial charge in [0, 0.05) is 23.7 Å². The largest absolute Gasteiger partial charge is 0.326 e. The molecule has 1 aliphatic carbocycles. The van der Waals surface area contributed by atoms with Crippen LogP contribution in [0.2, 0.25) is 0 Å². The number of amides is 2. The highest BCUT2D eigenvalue weighted by Gasteiger charge is 2.29. The minimum Gasteiger partial charge on any atom is -0.326 e. The van der Waals surface area contributed by atoms with Gasteiger partial charge in [-0.3, -0.25) is 9.59 Å². The van der Waals surface area contributed by atoms with E-state index >= 15 is 0 Å². The molecule has 4 nitrogen and oxygen atoms in total. The molecule has 25 heavy (non-hydrogen) atoms. The Morgan fingerprint density at radius 1 is 1.12 bits per heavy atom. The van der Waals surface area contributed by atoms with E-state index in [1.54, 1.807) is 18.2 Å². The fraction of sp³-hybridized carbons (Fsp3) is 0.300. The molecule has 0 saturated heterocycles. The lowest BCUT2D eigenvalue weighted by atomic mass is 10.1. The SMILES string of the molecule is Cc1ccc(NC(=O)C2CC2)cc1NC(=O)CCc1cccc(F)c1. The summed E-state index contributed by atoms with van der Waals surface area (Å²) < 4.78 is 13.2. The second-order valence-electron chi connectivity index (χ2n) is 6.47. The van der Waals surface area contributed by atoms with Gasteiger partial charge in [-0.15, -0.1) is 0 Å². The lowest BCUT2D eigenvalue weighted by molar-refractivity contribution is -0.117. The van der Waals surface area contributed by atoms with Crippen LogP contribution in [0.5, 0.6) is 0 Å². The molecule has 0 unspecified atom stereocenters. The van der Waals surface area contributed by atoms with Gasteiger partial charge < -0.3 is 10.6 Å². The fourth-order valence-corrected chi connectivity index (χ4v) is 2.59. The second-order valence-corrected chi connectivity index (χ2v) is 6.47. The van der Waals surface area contributed by atoms with Gasteiger partial charge in [0.1, 0.15) is 5.82 Å². The first-order valence-corrected chi connectivity index (χ1v) is 8.47. The smallest absolute Gasteiger partial charge is 0.227 e. The molecule has 0 heterocycles. The molecule has 1 fully saturated rings. The fourth-order valence-electron chi connectivity index (χ4n) is 2.59. The van der Waals surface area contributed by atoms with Gasteiger partial charge in [0.15, 0.2) is 0 Å². The Kier molecular flexibility index (Phi) is 5.12. The number of halogens is 1. The molecule has 0 aliphatic heterocycles. The number of benzene rings is 2. The normalized spacial score (nSPS) is 13.4. The number of hydrogen-bond donors (Lipinski definition) is 2. The van der Waals surface area contributed by atoms with Gasteiger partial charge in [0.2, 0.25) is 11.8 Å². The number of carbonyl (C=O) groups excluding carboxylic acids is 2. The van der Waals surface area contributed by atoms with Gasteiger partial charge in [-0.05, 0) is 61.6 Å². The summed E-state index contributed by atoms with van der Waals surface area (Å²) in [4.78, 5) is 24.0. The van der Waals surface area contributed by atoms with E-state index in [9.17, 15) is 14.0 Å². The third kappa shape index (κ3) is 4.89. The highest BCUT2D eigenvalue weighted by molar-refractivity contribution is 5.96. The third-order valence-electron chi connectivity index (χ3n) is 4.26. The van der Waals surface area contributed by atoms with Crippen molar-refractivity contribution in [1.29, 1.82) is 0 Å². The summed E-state index contributed by atoms with van der Waals surface area (Å²) in [7, 11) is 0. The van der Waals surface area contributed by atoms with E-state index in [2.05, 4.69) is 10.6 Å². The predicted molar refractivity (Wildman–Crippen MR) is 95.9 cm³/mol. The van der Waals surface area contributed by atoms with E-state index in [0.717, 1.165) is 24.0 Å². The summed E-state index contributed by atoms with van der Waals surface area (Å²) in [6.07, 6.45) is 2.63. The minimum atomic E-state index is -0.298. The molecule has 1 aliphatic rings. The van der Waals surface area contributed by atoms with Crippen LogP contribution in [0.25, 0.3) is 0 Å². The van der Waals surface area contributed by atoms with Gasteiger partial charge >= 0.3 is 0 Å². The van der Waals surface area contributed by atoms with Gasteiger partial charge in [-0.1, -0.05) is 18.2 Å². The molecule has 2 amide bonds. The average molecular weight is 340 g/mol. The van der Waals surface area contributed by atoms with Crippen LogP contribution >= 0.6 is 0 Å². The van der Waals surface area contributed by atoms with E-state index in [-0.39, 0.29) is 30.0 Å². The molecule has 0 radical (unpaired) electrons. The molecule has 1 saturated carbocycles. The highest BCUT2D eigenvalue weighted by Crippen LogP contribution is 2.30. The van der Waals surface area contributed by atoms with Crippen LogP contribution in [-0.2, 0) is 16.0 Å². The van der Waals surface area contributed by atoms with Crippen molar-refractivity contribution in [2.24, 2.45) is 5.92 Å². The molecule has 2 aromatic rings. The third-order valence-corrected chi connectivity index (χ3v) is 4.26. The molecule has 130 valence electrons. The number of nitrogens with one attached hydrogen (secondary N) is 2. The number of anilines is 2. The number of aryl methyl sites for hydroxylation is 2. The minimum absolute atomic E-state index is 0.0345. The molecular formula is C20H21FN2O2. The summed E-state index contributed by atoms with van der Waals surface area (Å²) in [6.45, 7) is 1.90. The van der Waals surface area contributed by atoms with E-state index in [0.29, 0.717) is 17.8 Å². The van der Waals surface area contributed by atoms with E-state index in [1.807, 2.05) is 19.1 Å². The summed E-state index contributed by atoms with van der Waals surface area (Å²) in [6, 6.07) is 11.7. The lowest BCUT2D eigenvalue weighted by Gasteiger charge is -2.11. The van der Waals surface area contributed by atoms with Gasteiger partial charge in [-0.2, -0.15) is 0 Å². The Morgan fingerprint density at radius 3 is 2.64 bits per heavy atom. The van der Waals surface area contributed by atoms with E-state index in [1.165, 1.54) is 12.1 Å². The van der Waals surface area contributed by atoms with E-state index < -0.39 is 0 Å². The van der Waals surface area contributed by atoms with Crippen molar-refractivity contribution in [3.8, 4) is 0 Å². The Hall–Kier alpha value is -2.69. The van der Waals surface area contributed by atoms with Crippen LogP contribution < -0.4 is 10.6 Å². The highest BCUT2D eigenvalue weighted by atomic mass is 19.1. The molecule has 3 rings (SSSR count). The summed E-state index contributed by atoms with van der Waals surface area (Å²) in [5.74, 6) is -0.274. The maximum atomic E-state index is 13.2. The van der Waals surface area contributed by atoms with Crippen molar-refractivity contribution < 1.29 is 14.0 Å². The predicted octanol–water partition coefficient (Wildman–Crippen LogP) is 4.05. The summed E-state index contributed by atoms with van der Waals surface area (Å²) in [5.41, 5.74) is 3.07. The maximum absolute atomic E-state index is 13.2. The zero-order chi connectivity index (χ0) is 17.8. The van der Waals surface area contributed by atoms with Gasteiger partial charge in [0.25, 0.3) is 0 Å². The zero-order valence-electron chi connectivity index (χ0n) is 14.1. The second kappa shape index (κ2) is 7.47. The van der Waals surface area contributed by atoms with Crippen molar-refractivity contribution in [3.05, 3.63) is 59.4 Å². The topological polar surface area (TPSA) is 58.2 Å². The molecule has 0 spiro atoms. The van der Waals surface area contributed by atoms with Crippen molar-refractivity contribution in [1.82, 2.24) is 0 Å². The first kappa shape index (κ1) is 17.1. The Bertz CT molecular complexity index is 800. The molecule has 0 aromatic heterocycles. The number of hydrogen-bond acceptors (Lipinski definition) is 2. The summed E-state index contributed by atoms with van der Waals surface area (Å²) in [5, 5.41) is 5.75. The zero-order valence-corrected chi connectivity index (χ0v) is 14.1. The standard InChI is InChI=1S/C20H21FN2O2/c1-13-5-9-17(22-20(25)15-7-8-15)12-18(13)23-19(24)10-6-14-3-2-4-16(21)11-14/h2-5,9,11-12,15H,6-8,10H2,1H3,(H,22,25)(H,23,24). The summed E-state index contributed by atoms with van der Waals surface area (Å²) >= 11 is 0. The molecule has 2 aromatic carbocycles. The Labute approximate surface area is 146 Å². The van der Waals surface area contributed by atoms with Crippen LogP contribution in [0.15, 0.2) is 42.5 Å². The molecular weight excluding hydrogens is 319 g/mol. The van der Waals surface area contributed by atoms with Crippen LogP contribution in [0.1, 0.15) is 30.4 Å². The van der Waals surface area contributed by atoms with Crippen LogP contribution in [0.3, 0.4) is 0 Å². The van der Waals surface area contributed by atoms with Gasteiger partial charge in [-0.25, -0.2) is 4.39 Å². The Balaban J connectivity index is 1.58. The molecule has 0 bridgehead atoms. The van der Waals surface area contributed by atoms with Crippen LogP contribution in [0.4, 0.5) is 15.8 Å². The molecule has 5 heteroatoms. The van der Waals surface area contributed by atoms with Crippen LogP contribution in [0, 0.1) is 18.7 Å². The first-order valence-electron chi connectivity index (χ1n) is 8.47. The van der Waals surface area contributed by atoms with E-state index in [4.69, 9.17) is 0 Å².